The van der Waals surface area contributed by atoms with Gasteiger partial charge >= 0.3 is 0 Å². The molecule has 0 radical (unpaired) electrons. The van der Waals surface area contributed by atoms with Gasteiger partial charge in [0, 0.05) is 25.2 Å². The second-order valence-corrected chi connectivity index (χ2v) is 5.06. The number of hydrogen-bond acceptors (Lipinski definition) is 2. The van der Waals surface area contributed by atoms with Crippen molar-refractivity contribution in [2.75, 3.05) is 13.6 Å². The van der Waals surface area contributed by atoms with Crippen LogP contribution in [0.4, 0.5) is 4.39 Å². The molecule has 1 fully saturated rings. The Morgan fingerprint density at radius 2 is 2.16 bits per heavy atom. The van der Waals surface area contributed by atoms with Gasteiger partial charge in [0.05, 0.1) is 6.10 Å². The molecule has 1 aromatic rings. The highest BCUT2D eigenvalue weighted by Gasteiger charge is 2.28. The molecule has 2 rings (SSSR count). The molecular formula is C15H18FNO2. The Morgan fingerprint density at radius 3 is 2.79 bits per heavy atom. The summed E-state index contributed by atoms with van der Waals surface area (Å²) in [5.74, 6) is -0.105. The highest BCUT2D eigenvalue weighted by atomic mass is 19.1. The molecule has 4 heteroatoms. The SMILES string of the molecule is CN(CC1CC(O)C1)C(=O)C=Cc1ccccc1F. The number of carbonyl (C=O) groups excluding carboxylic acids is 1. The van der Waals surface area contributed by atoms with Crippen molar-refractivity contribution < 1.29 is 14.3 Å². The Balaban J connectivity index is 1.88. The van der Waals surface area contributed by atoms with E-state index in [0.29, 0.717) is 18.0 Å². The second kappa shape index (κ2) is 5.97. The fraction of sp³-hybridized carbons (Fsp3) is 0.400. The minimum Gasteiger partial charge on any atom is -0.393 e. The average Bonchev–Trinajstić information content (AvgIpc) is 2.35. The lowest BCUT2D eigenvalue weighted by Crippen LogP contribution is -2.39. The topological polar surface area (TPSA) is 40.5 Å². The molecule has 0 spiro atoms. The predicted molar refractivity (Wildman–Crippen MR) is 71.8 cm³/mol. The van der Waals surface area contributed by atoms with Crippen LogP contribution >= 0.6 is 0 Å². The van der Waals surface area contributed by atoms with Crippen molar-refractivity contribution in [3.8, 4) is 0 Å². The predicted octanol–water partition coefficient (Wildman–Crippen LogP) is 2.07. The maximum absolute atomic E-state index is 13.4. The summed E-state index contributed by atoms with van der Waals surface area (Å²) >= 11 is 0. The summed E-state index contributed by atoms with van der Waals surface area (Å²) < 4.78 is 13.4. The van der Waals surface area contributed by atoms with Gasteiger partial charge in [-0.2, -0.15) is 0 Å². The van der Waals surface area contributed by atoms with Gasteiger partial charge in [-0.15, -0.1) is 0 Å². The van der Waals surface area contributed by atoms with Gasteiger partial charge in [-0.1, -0.05) is 18.2 Å². The Labute approximate surface area is 112 Å². The van der Waals surface area contributed by atoms with Crippen LogP contribution in [0.3, 0.4) is 0 Å². The number of aliphatic hydroxyl groups is 1. The van der Waals surface area contributed by atoms with Crippen molar-refractivity contribution in [3.63, 3.8) is 0 Å². The maximum Gasteiger partial charge on any atom is 0.246 e. The molecule has 1 aliphatic carbocycles. The Kier molecular flexibility index (Phi) is 4.32. The summed E-state index contributed by atoms with van der Waals surface area (Å²) in [7, 11) is 1.72. The summed E-state index contributed by atoms with van der Waals surface area (Å²) in [4.78, 5) is 13.4. The molecule has 0 unspecified atom stereocenters. The molecule has 0 aromatic heterocycles. The summed E-state index contributed by atoms with van der Waals surface area (Å²) in [6.45, 7) is 0.636. The van der Waals surface area contributed by atoms with Crippen LogP contribution in [0.5, 0.6) is 0 Å². The smallest absolute Gasteiger partial charge is 0.246 e. The van der Waals surface area contributed by atoms with E-state index in [1.54, 1.807) is 30.1 Å². The highest BCUT2D eigenvalue weighted by Crippen LogP contribution is 2.27. The molecule has 102 valence electrons. The third kappa shape index (κ3) is 3.64. The van der Waals surface area contributed by atoms with Gasteiger partial charge in [0.25, 0.3) is 0 Å². The van der Waals surface area contributed by atoms with Gasteiger partial charge in [0.1, 0.15) is 5.82 Å². The number of aliphatic hydroxyl groups excluding tert-OH is 1. The lowest BCUT2D eigenvalue weighted by atomic mass is 9.82. The zero-order valence-electron chi connectivity index (χ0n) is 10.9. The van der Waals surface area contributed by atoms with E-state index < -0.39 is 0 Å². The summed E-state index contributed by atoms with van der Waals surface area (Å²) in [6.07, 6.45) is 4.18. The zero-order valence-corrected chi connectivity index (χ0v) is 10.9. The Bertz CT molecular complexity index is 481. The summed E-state index contributed by atoms with van der Waals surface area (Å²) in [5.41, 5.74) is 0.406. The van der Waals surface area contributed by atoms with Crippen LogP contribution < -0.4 is 0 Å². The molecule has 1 saturated carbocycles. The monoisotopic (exact) mass is 263 g/mol. The third-order valence-corrected chi connectivity index (χ3v) is 3.43. The third-order valence-electron chi connectivity index (χ3n) is 3.43. The highest BCUT2D eigenvalue weighted by molar-refractivity contribution is 5.91. The normalized spacial score (nSPS) is 22.3. The summed E-state index contributed by atoms with van der Waals surface area (Å²) in [6, 6.07) is 6.33. The van der Waals surface area contributed by atoms with Crippen LogP contribution in [0.2, 0.25) is 0 Å². The second-order valence-electron chi connectivity index (χ2n) is 5.06. The fourth-order valence-corrected chi connectivity index (χ4v) is 2.23. The van der Waals surface area contributed by atoms with Crippen molar-refractivity contribution in [2.45, 2.75) is 18.9 Å². The van der Waals surface area contributed by atoms with E-state index >= 15 is 0 Å². The number of amides is 1. The quantitative estimate of drug-likeness (QED) is 0.845. The molecular weight excluding hydrogens is 245 g/mol. The van der Waals surface area contributed by atoms with Gasteiger partial charge in [-0.05, 0) is 30.9 Å². The first-order valence-electron chi connectivity index (χ1n) is 6.42. The molecule has 0 aliphatic heterocycles. The van der Waals surface area contributed by atoms with Gasteiger partial charge in [0.2, 0.25) is 5.91 Å². The van der Waals surface area contributed by atoms with E-state index in [9.17, 15) is 14.3 Å². The number of carbonyl (C=O) groups is 1. The first-order valence-corrected chi connectivity index (χ1v) is 6.42. The number of halogens is 1. The van der Waals surface area contributed by atoms with Gasteiger partial charge < -0.3 is 10.0 Å². The summed E-state index contributed by atoms with van der Waals surface area (Å²) in [5, 5.41) is 9.19. The van der Waals surface area contributed by atoms with E-state index in [-0.39, 0.29) is 17.8 Å². The van der Waals surface area contributed by atoms with Crippen LogP contribution in [0.15, 0.2) is 30.3 Å². The van der Waals surface area contributed by atoms with Crippen molar-refractivity contribution >= 4 is 12.0 Å². The largest absolute Gasteiger partial charge is 0.393 e. The molecule has 0 atom stereocenters. The zero-order chi connectivity index (χ0) is 13.8. The van der Waals surface area contributed by atoms with Crippen molar-refractivity contribution in [1.82, 2.24) is 4.90 Å². The van der Waals surface area contributed by atoms with Crippen molar-refractivity contribution in [2.24, 2.45) is 5.92 Å². The van der Waals surface area contributed by atoms with E-state index in [1.807, 2.05) is 0 Å². The van der Waals surface area contributed by atoms with Crippen LogP contribution in [-0.4, -0.2) is 35.6 Å². The molecule has 1 aromatic carbocycles. The minimum absolute atomic E-state index is 0.148. The van der Waals surface area contributed by atoms with E-state index in [4.69, 9.17) is 0 Å². The van der Waals surface area contributed by atoms with Gasteiger partial charge in [0.15, 0.2) is 0 Å². The first-order chi connectivity index (χ1) is 9.06. The fourth-order valence-electron chi connectivity index (χ4n) is 2.23. The maximum atomic E-state index is 13.4. The number of likely N-dealkylation sites (N-methyl/N-ethyl adjacent to an activating group) is 1. The minimum atomic E-state index is -0.337. The average molecular weight is 263 g/mol. The van der Waals surface area contributed by atoms with Crippen molar-refractivity contribution in [1.29, 1.82) is 0 Å². The molecule has 0 bridgehead atoms. The molecule has 1 aliphatic rings. The number of benzene rings is 1. The van der Waals surface area contributed by atoms with E-state index in [0.717, 1.165) is 12.8 Å². The first kappa shape index (κ1) is 13.7. The van der Waals surface area contributed by atoms with Crippen LogP contribution in [0.1, 0.15) is 18.4 Å². The number of nitrogens with zero attached hydrogens (tertiary/aromatic N) is 1. The van der Waals surface area contributed by atoms with Gasteiger partial charge in [-0.25, -0.2) is 4.39 Å². The standard InChI is InChI=1S/C15H18FNO2/c1-17(10-11-8-13(18)9-11)15(19)7-6-12-4-2-3-5-14(12)16/h2-7,11,13,18H,8-10H2,1H3. The van der Waals surface area contributed by atoms with Crippen molar-refractivity contribution in [3.05, 3.63) is 41.7 Å². The molecule has 1 N–H and O–H groups in total. The lowest BCUT2D eigenvalue weighted by molar-refractivity contribution is -0.126. The van der Waals surface area contributed by atoms with E-state index in [2.05, 4.69) is 0 Å². The van der Waals surface area contributed by atoms with Crippen LogP contribution in [0.25, 0.3) is 6.08 Å². The molecule has 19 heavy (non-hydrogen) atoms. The molecule has 0 saturated heterocycles. The molecule has 0 heterocycles. The number of rotatable bonds is 4. The van der Waals surface area contributed by atoms with Gasteiger partial charge in [-0.3, -0.25) is 4.79 Å². The Hall–Kier alpha value is -1.68. The molecule has 1 amide bonds. The van der Waals surface area contributed by atoms with Crippen LogP contribution in [-0.2, 0) is 4.79 Å². The molecule has 3 nitrogen and oxygen atoms in total. The Morgan fingerprint density at radius 1 is 1.47 bits per heavy atom. The number of hydrogen-bond donors (Lipinski definition) is 1. The lowest BCUT2D eigenvalue weighted by Gasteiger charge is -2.34. The van der Waals surface area contributed by atoms with Crippen LogP contribution in [0, 0.1) is 11.7 Å². The van der Waals surface area contributed by atoms with E-state index in [1.165, 1.54) is 18.2 Å².